The van der Waals surface area contributed by atoms with Gasteiger partial charge in [0.1, 0.15) is 5.75 Å². The number of ether oxygens (including phenoxy) is 1. The number of benzene rings is 1. The normalized spacial score (nSPS) is 18.6. The van der Waals surface area contributed by atoms with Gasteiger partial charge in [-0.15, -0.1) is 0 Å². The maximum atomic E-state index is 5.97. The third-order valence-electron chi connectivity index (χ3n) is 3.26. The van der Waals surface area contributed by atoms with E-state index >= 15 is 0 Å². The molecule has 0 radical (unpaired) electrons. The molecule has 2 rings (SSSR count). The molecule has 1 aliphatic rings. The van der Waals surface area contributed by atoms with Crippen LogP contribution in [0.25, 0.3) is 0 Å². The van der Waals surface area contributed by atoms with Gasteiger partial charge in [0.25, 0.3) is 0 Å². The Bertz CT molecular complexity index is 367. The predicted octanol–water partition coefficient (Wildman–Crippen LogP) is 2.13. The molecule has 100 valence electrons. The van der Waals surface area contributed by atoms with Gasteiger partial charge in [-0.05, 0) is 24.6 Å². The maximum Gasteiger partial charge on any atom is 0.119 e. The van der Waals surface area contributed by atoms with Gasteiger partial charge in [-0.1, -0.05) is 12.1 Å². The van der Waals surface area contributed by atoms with E-state index in [1.54, 1.807) is 0 Å². The van der Waals surface area contributed by atoms with Gasteiger partial charge >= 0.3 is 0 Å². The summed E-state index contributed by atoms with van der Waals surface area (Å²) in [7, 11) is 0. The van der Waals surface area contributed by atoms with Gasteiger partial charge in [0, 0.05) is 37.2 Å². The van der Waals surface area contributed by atoms with Crippen molar-refractivity contribution >= 4 is 11.8 Å². The zero-order valence-corrected chi connectivity index (χ0v) is 11.8. The molecular weight excluding hydrogens is 244 g/mol. The van der Waals surface area contributed by atoms with Gasteiger partial charge in [-0.25, -0.2) is 0 Å². The maximum absolute atomic E-state index is 5.97. The monoisotopic (exact) mass is 266 g/mol. The molecule has 1 unspecified atom stereocenters. The van der Waals surface area contributed by atoms with Crippen molar-refractivity contribution in [3.8, 4) is 5.75 Å². The van der Waals surface area contributed by atoms with Crippen LogP contribution in [0.1, 0.15) is 18.5 Å². The molecule has 1 aromatic carbocycles. The molecule has 0 bridgehead atoms. The molecule has 1 atom stereocenters. The highest BCUT2D eigenvalue weighted by Gasteiger charge is 2.21. The first-order valence-electron chi connectivity index (χ1n) is 6.59. The summed E-state index contributed by atoms with van der Waals surface area (Å²) in [5, 5.41) is 0. The summed E-state index contributed by atoms with van der Waals surface area (Å²) < 4.78 is 5.57. The highest BCUT2D eigenvalue weighted by atomic mass is 32.2. The van der Waals surface area contributed by atoms with Crippen LogP contribution in [-0.2, 0) is 0 Å². The summed E-state index contributed by atoms with van der Waals surface area (Å²) in [6.45, 7) is 5.64. The van der Waals surface area contributed by atoms with Gasteiger partial charge in [0.2, 0.25) is 0 Å². The second kappa shape index (κ2) is 7.02. The van der Waals surface area contributed by atoms with Gasteiger partial charge in [0.05, 0.1) is 6.61 Å². The van der Waals surface area contributed by atoms with Gasteiger partial charge < -0.3 is 10.5 Å². The molecule has 0 spiro atoms. The summed E-state index contributed by atoms with van der Waals surface area (Å²) in [6, 6.07) is 8.67. The quantitative estimate of drug-likeness (QED) is 0.886. The largest absolute Gasteiger partial charge is 0.494 e. The van der Waals surface area contributed by atoms with E-state index in [4.69, 9.17) is 10.5 Å². The molecule has 0 amide bonds. The number of hydrogen-bond donors (Lipinski definition) is 1. The van der Waals surface area contributed by atoms with Crippen LogP contribution in [0.5, 0.6) is 5.75 Å². The Morgan fingerprint density at radius 2 is 2.17 bits per heavy atom. The minimum atomic E-state index is 0.325. The molecule has 1 heterocycles. The first-order valence-corrected chi connectivity index (χ1v) is 7.75. The highest BCUT2D eigenvalue weighted by molar-refractivity contribution is 7.99. The molecule has 1 aliphatic heterocycles. The van der Waals surface area contributed by atoms with Crippen LogP contribution in [0.3, 0.4) is 0 Å². The van der Waals surface area contributed by atoms with Crippen LogP contribution in [0.15, 0.2) is 24.3 Å². The lowest BCUT2D eigenvalue weighted by Gasteiger charge is -2.34. The van der Waals surface area contributed by atoms with E-state index < -0.39 is 0 Å². The molecule has 2 N–H and O–H groups in total. The fraction of sp³-hybridized carbons (Fsp3) is 0.571. The van der Waals surface area contributed by atoms with Crippen molar-refractivity contribution < 1.29 is 4.74 Å². The lowest BCUT2D eigenvalue weighted by atomic mass is 10.0. The molecule has 4 heteroatoms. The van der Waals surface area contributed by atoms with Crippen molar-refractivity contribution in [3.63, 3.8) is 0 Å². The summed E-state index contributed by atoms with van der Waals surface area (Å²) in [5.41, 5.74) is 7.24. The van der Waals surface area contributed by atoms with Crippen LogP contribution < -0.4 is 10.5 Å². The van der Waals surface area contributed by atoms with E-state index in [0.717, 1.165) is 18.8 Å². The molecule has 0 aliphatic carbocycles. The average Bonchev–Trinajstić information content (AvgIpc) is 2.42. The topological polar surface area (TPSA) is 38.5 Å². The molecule has 3 nitrogen and oxygen atoms in total. The standard InChI is InChI=1S/C14H22N2OS/c1-2-17-13-5-3-4-12(10-13)14(11-15)16-6-8-18-9-7-16/h3-5,10,14H,2,6-9,11,15H2,1H3. The molecule has 1 aromatic rings. The predicted molar refractivity (Wildman–Crippen MR) is 78.3 cm³/mol. The van der Waals surface area contributed by atoms with Crippen molar-refractivity contribution in [2.45, 2.75) is 13.0 Å². The molecular formula is C14H22N2OS. The Kier molecular flexibility index (Phi) is 5.35. The zero-order valence-electron chi connectivity index (χ0n) is 11.0. The number of nitrogens with zero attached hydrogens (tertiary/aromatic N) is 1. The first kappa shape index (κ1) is 13.7. The van der Waals surface area contributed by atoms with Gasteiger partial charge in [0.15, 0.2) is 0 Å². The SMILES string of the molecule is CCOc1cccc(C(CN)N2CCSCC2)c1. The number of hydrogen-bond acceptors (Lipinski definition) is 4. The molecule has 1 saturated heterocycles. The first-order chi connectivity index (χ1) is 8.85. The van der Waals surface area contributed by atoms with Crippen molar-refractivity contribution in [1.82, 2.24) is 4.90 Å². The molecule has 0 aromatic heterocycles. The summed E-state index contributed by atoms with van der Waals surface area (Å²) in [6.07, 6.45) is 0. The van der Waals surface area contributed by atoms with Crippen LogP contribution in [0.4, 0.5) is 0 Å². The number of rotatable bonds is 5. The Morgan fingerprint density at radius 3 is 2.83 bits per heavy atom. The fourth-order valence-corrected chi connectivity index (χ4v) is 3.29. The number of nitrogens with two attached hydrogens (primary N) is 1. The van der Waals surface area contributed by atoms with Crippen LogP contribution in [0.2, 0.25) is 0 Å². The average molecular weight is 266 g/mol. The van der Waals surface area contributed by atoms with Crippen molar-refractivity contribution in [2.75, 3.05) is 37.7 Å². The van der Waals surface area contributed by atoms with Gasteiger partial charge in [-0.3, -0.25) is 4.90 Å². The van der Waals surface area contributed by atoms with Gasteiger partial charge in [-0.2, -0.15) is 11.8 Å². The lowest BCUT2D eigenvalue weighted by Crippen LogP contribution is -2.39. The Balaban J connectivity index is 2.12. The third kappa shape index (κ3) is 3.40. The van der Waals surface area contributed by atoms with E-state index in [9.17, 15) is 0 Å². The Labute approximate surface area is 114 Å². The zero-order chi connectivity index (χ0) is 12.8. The number of thioether (sulfide) groups is 1. The highest BCUT2D eigenvalue weighted by Crippen LogP contribution is 2.26. The van der Waals surface area contributed by atoms with Crippen LogP contribution in [-0.4, -0.2) is 42.6 Å². The van der Waals surface area contributed by atoms with E-state index in [2.05, 4.69) is 23.1 Å². The minimum Gasteiger partial charge on any atom is -0.494 e. The Morgan fingerprint density at radius 1 is 1.39 bits per heavy atom. The second-order valence-electron chi connectivity index (χ2n) is 4.41. The van der Waals surface area contributed by atoms with E-state index in [1.807, 2.05) is 24.8 Å². The van der Waals surface area contributed by atoms with Crippen molar-refractivity contribution in [3.05, 3.63) is 29.8 Å². The summed E-state index contributed by atoms with van der Waals surface area (Å²) in [4.78, 5) is 2.49. The molecule has 1 fully saturated rings. The van der Waals surface area contributed by atoms with Crippen LogP contribution >= 0.6 is 11.8 Å². The van der Waals surface area contributed by atoms with Crippen molar-refractivity contribution in [1.29, 1.82) is 0 Å². The van der Waals surface area contributed by atoms with E-state index in [0.29, 0.717) is 19.2 Å². The fourth-order valence-electron chi connectivity index (χ4n) is 2.36. The Hall–Kier alpha value is -0.710. The molecule has 0 saturated carbocycles. The van der Waals surface area contributed by atoms with Crippen molar-refractivity contribution in [2.24, 2.45) is 5.73 Å². The van der Waals surface area contributed by atoms with E-state index in [1.165, 1.54) is 17.1 Å². The second-order valence-corrected chi connectivity index (χ2v) is 5.63. The minimum absolute atomic E-state index is 0.325. The molecule has 18 heavy (non-hydrogen) atoms. The summed E-state index contributed by atoms with van der Waals surface area (Å²) in [5.74, 6) is 3.36. The summed E-state index contributed by atoms with van der Waals surface area (Å²) >= 11 is 2.03. The van der Waals surface area contributed by atoms with Crippen LogP contribution in [0, 0.1) is 0 Å². The smallest absolute Gasteiger partial charge is 0.119 e. The third-order valence-corrected chi connectivity index (χ3v) is 4.21. The van der Waals surface area contributed by atoms with E-state index in [-0.39, 0.29) is 0 Å². The lowest BCUT2D eigenvalue weighted by molar-refractivity contribution is 0.222.